The van der Waals surface area contributed by atoms with Gasteiger partial charge in [-0.2, -0.15) is 5.10 Å². The van der Waals surface area contributed by atoms with E-state index >= 15 is 0 Å². The highest BCUT2D eigenvalue weighted by Crippen LogP contribution is 2.39. The van der Waals surface area contributed by atoms with Gasteiger partial charge in [0.1, 0.15) is 0 Å². The summed E-state index contributed by atoms with van der Waals surface area (Å²) < 4.78 is 7.57. The normalized spacial score (nSPS) is 34.0. The average Bonchev–Trinajstić information content (AvgIpc) is 3.23. The van der Waals surface area contributed by atoms with Crippen LogP contribution in [0.4, 0.5) is 0 Å². The number of carbonyl (C=O) groups is 1. The van der Waals surface area contributed by atoms with E-state index in [0.717, 1.165) is 52.2 Å². The molecule has 1 spiro atoms. The summed E-state index contributed by atoms with van der Waals surface area (Å²) in [6.45, 7) is 5.12. The minimum absolute atomic E-state index is 0.0360. The zero-order valence-electron chi connectivity index (χ0n) is 14.5. The lowest BCUT2D eigenvalue weighted by molar-refractivity contribution is -0.142. The van der Waals surface area contributed by atoms with Crippen LogP contribution in [0.2, 0.25) is 0 Å². The van der Waals surface area contributed by atoms with Crippen LogP contribution in [0.25, 0.3) is 0 Å². The second-order valence-electron chi connectivity index (χ2n) is 7.84. The fraction of sp³-hybridized carbons (Fsp3) is 0.778. The Bertz CT molecular complexity index is 588. The van der Waals surface area contributed by atoms with Gasteiger partial charge in [0.05, 0.1) is 18.7 Å². The molecule has 24 heavy (non-hydrogen) atoms. The van der Waals surface area contributed by atoms with Crippen molar-refractivity contribution < 1.29 is 9.53 Å². The van der Waals surface area contributed by atoms with Crippen LogP contribution in [-0.2, 0) is 16.6 Å². The van der Waals surface area contributed by atoms with Crippen LogP contribution in [-0.4, -0.2) is 60.0 Å². The average molecular weight is 332 g/mol. The topological polar surface area (TPSA) is 59.4 Å². The maximum atomic E-state index is 13.2. The predicted molar refractivity (Wildman–Crippen MR) is 90.6 cm³/mol. The minimum atomic E-state index is 0.0360. The number of nitrogens with one attached hydrogen (secondary N) is 1. The molecule has 1 aromatic rings. The van der Waals surface area contributed by atoms with Gasteiger partial charge in [0.15, 0.2) is 0 Å². The Morgan fingerprint density at radius 3 is 3.00 bits per heavy atom. The predicted octanol–water partition coefficient (Wildman–Crippen LogP) is 1.14. The van der Waals surface area contributed by atoms with Crippen LogP contribution in [0.1, 0.15) is 37.2 Å². The van der Waals surface area contributed by atoms with E-state index in [1.165, 1.54) is 18.4 Å². The first-order chi connectivity index (χ1) is 11.7. The van der Waals surface area contributed by atoms with Crippen LogP contribution in [0.5, 0.6) is 0 Å². The molecule has 4 heterocycles. The van der Waals surface area contributed by atoms with Crippen molar-refractivity contribution in [1.29, 1.82) is 0 Å². The summed E-state index contributed by atoms with van der Waals surface area (Å²) in [6.07, 6.45) is 8.59. The number of amides is 1. The summed E-state index contributed by atoms with van der Waals surface area (Å²) in [5, 5.41) is 7.70. The quantitative estimate of drug-likeness (QED) is 0.882. The summed E-state index contributed by atoms with van der Waals surface area (Å²) >= 11 is 0. The van der Waals surface area contributed by atoms with Crippen LogP contribution >= 0.6 is 0 Å². The van der Waals surface area contributed by atoms with E-state index in [4.69, 9.17) is 4.74 Å². The van der Waals surface area contributed by atoms with Gasteiger partial charge in [-0.05, 0) is 31.2 Å². The molecule has 3 fully saturated rings. The molecule has 0 radical (unpaired) electrons. The molecule has 1 unspecified atom stereocenters. The largest absolute Gasteiger partial charge is 0.381 e. The number of rotatable bonds is 2. The molecule has 4 rings (SSSR count). The van der Waals surface area contributed by atoms with Crippen molar-refractivity contribution >= 4 is 5.91 Å². The molecule has 3 saturated heterocycles. The van der Waals surface area contributed by atoms with Crippen LogP contribution in [0, 0.1) is 11.3 Å². The lowest BCUT2D eigenvalue weighted by atomic mass is 9.75. The van der Waals surface area contributed by atoms with E-state index in [2.05, 4.69) is 15.3 Å². The number of aryl methyl sites for hydroxylation is 1. The maximum absolute atomic E-state index is 13.2. The van der Waals surface area contributed by atoms with Gasteiger partial charge in [0, 0.05) is 57.4 Å². The van der Waals surface area contributed by atoms with Crippen LogP contribution in [0.3, 0.4) is 0 Å². The van der Waals surface area contributed by atoms with Crippen LogP contribution < -0.4 is 5.32 Å². The molecule has 1 N–H and O–H groups in total. The molecule has 132 valence electrons. The molecule has 0 bridgehead atoms. The summed E-state index contributed by atoms with van der Waals surface area (Å²) in [6, 6.07) is 0. The van der Waals surface area contributed by atoms with E-state index in [-0.39, 0.29) is 17.3 Å². The van der Waals surface area contributed by atoms with Gasteiger partial charge >= 0.3 is 0 Å². The third-order valence-corrected chi connectivity index (χ3v) is 6.06. The van der Waals surface area contributed by atoms with Gasteiger partial charge in [-0.1, -0.05) is 0 Å². The van der Waals surface area contributed by atoms with E-state index < -0.39 is 0 Å². The van der Waals surface area contributed by atoms with Gasteiger partial charge in [-0.25, -0.2) is 0 Å². The first-order valence-electron chi connectivity index (χ1n) is 9.23. The fourth-order valence-electron chi connectivity index (χ4n) is 4.78. The number of hydrogen-bond donors (Lipinski definition) is 1. The van der Waals surface area contributed by atoms with Gasteiger partial charge in [-0.3, -0.25) is 9.48 Å². The second kappa shape index (κ2) is 6.48. The Labute approximate surface area is 143 Å². The molecule has 0 aliphatic carbocycles. The highest BCUT2D eigenvalue weighted by Gasteiger charge is 2.42. The van der Waals surface area contributed by atoms with Gasteiger partial charge in [0.2, 0.25) is 5.91 Å². The number of likely N-dealkylation sites (tertiary alicyclic amines) is 1. The van der Waals surface area contributed by atoms with E-state index in [9.17, 15) is 4.79 Å². The summed E-state index contributed by atoms with van der Waals surface area (Å²) in [5.41, 5.74) is 1.38. The molecule has 1 amide bonds. The lowest BCUT2D eigenvalue weighted by Crippen LogP contribution is -2.51. The van der Waals surface area contributed by atoms with E-state index in [0.29, 0.717) is 5.91 Å². The van der Waals surface area contributed by atoms with Gasteiger partial charge in [-0.15, -0.1) is 0 Å². The number of piperidine rings is 1. The Balaban J connectivity index is 1.48. The standard InChI is InChI=1S/C18H28N4O2/c1-21-11-14(8-20-21)15-9-19-10-16(15)17(23)22-6-2-4-18(12-22)5-3-7-24-13-18/h8,11,15-16,19H,2-7,9-10,12-13H2,1H3/t15-,16+,18?/m1/s1. The lowest BCUT2D eigenvalue weighted by Gasteiger charge is -2.45. The molecule has 3 aliphatic rings. The minimum Gasteiger partial charge on any atom is -0.381 e. The molecule has 6 nitrogen and oxygen atoms in total. The van der Waals surface area contributed by atoms with Crippen molar-refractivity contribution in [3.8, 4) is 0 Å². The molecular weight excluding hydrogens is 304 g/mol. The Kier molecular flexibility index (Phi) is 4.35. The van der Waals surface area contributed by atoms with E-state index in [1.54, 1.807) is 0 Å². The summed E-state index contributed by atoms with van der Waals surface area (Å²) in [7, 11) is 1.93. The third kappa shape index (κ3) is 2.97. The first kappa shape index (κ1) is 16.1. The highest BCUT2D eigenvalue weighted by molar-refractivity contribution is 5.80. The van der Waals surface area contributed by atoms with Gasteiger partial charge in [0.25, 0.3) is 0 Å². The Morgan fingerprint density at radius 2 is 2.25 bits per heavy atom. The smallest absolute Gasteiger partial charge is 0.227 e. The van der Waals surface area contributed by atoms with E-state index in [1.807, 2.05) is 24.1 Å². The first-order valence-corrected chi connectivity index (χ1v) is 9.23. The maximum Gasteiger partial charge on any atom is 0.227 e. The zero-order chi connectivity index (χ0) is 16.6. The molecule has 3 aliphatic heterocycles. The van der Waals surface area contributed by atoms with Crippen molar-refractivity contribution in [3.63, 3.8) is 0 Å². The highest BCUT2D eigenvalue weighted by atomic mass is 16.5. The van der Waals surface area contributed by atoms with Gasteiger partial charge < -0.3 is 15.0 Å². The second-order valence-corrected chi connectivity index (χ2v) is 7.84. The van der Waals surface area contributed by atoms with Crippen molar-refractivity contribution in [2.24, 2.45) is 18.4 Å². The summed E-state index contributed by atoms with van der Waals surface area (Å²) in [5.74, 6) is 0.596. The molecule has 1 aromatic heterocycles. The van der Waals surface area contributed by atoms with Crippen molar-refractivity contribution in [3.05, 3.63) is 18.0 Å². The number of aromatic nitrogens is 2. The molecule has 6 heteroatoms. The number of carbonyl (C=O) groups excluding carboxylic acids is 1. The van der Waals surface area contributed by atoms with Crippen LogP contribution in [0.15, 0.2) is 12.4 Å². The SMILES string of the molecule is Cn1cc([C@H]2CNC[C@@H]2C(=O)N2CCCC3(CCCOC3)C2)cn1. The molecular formula is C18H28N4O2. The molecule has 0 saturated carbocycles. The third-order valence-electron chi connectivity index (χ3n) is 6.06. The molecule has 0 aromatic carbocycles. The number of hydrogen-bond acceptors (Lipinski definition) is 4. The Morgan fingerprint density at radius 1 is 1.38 bits per heavy atom. The van der Waals surface area contributed by atoms with Crippen molar-refractivity contribution in [2.45, 2.75) is 31.6 Å². The Hall–Kier alpha value is -1.40. The fourth-order valence-corrected chi connectivity index (χ4v) is 4.78. The summed E-state index contributed by atoms with van der Waals surface area (Å²) in [4.78, 5) is 15.4. The number of ether oxygens (including phenoxy) is 1. The molecule has 3 atom stereocenters. The monoisotopic (exact) mass is 332 g/mol. The van der Waals surface area contributed by atoms with Crippen molar-refractivity contribution in [1.82, 2.24) is 20.0 Å². The number of nitrogens with zero attached hydrogens (tertiary/aromatic N) is 3. The zero-order valence-corrected chi connectivity index (χ0v) is 14.5. The van der Waals surface area contributed by atoms with Crippen molar-refractivity contribution in [2.75, 3.05) is 39.4 Å².